The third kappa shape index (κ3) is 4.19. The summed E-state index contributed by atoms with van der Waals surface area (Å²) in [5.41, 5.74) is 4.20. The number of hydrogen-bond donors (Lipinski definition) is 1. The summed E-state index contributed by atoms with van der Waals surface area (Å²) >= 11 is 0. The van der Waals surface area contributed by atoms with Crippen LogP contribution >= 0.6 is 0 Å². The van der Waals surface area contributed by atoms with Crippen LogP contribution in [0, 0.1) is 13.8 Å². The summed E-state index contributed by atoms with van der Waals surface area (Å²) in [4.78, 5) is 12.7. The molecule has 1 fully saturated rings. The van der Waals surface area contributed by atoms with E-state index >= 15 is 0 Å². The maximum absolute atomic E-state index is 12.7. The molecule has 1 aliphatic carbocycles. The fraction of sp³-hybridized carbons (Fsp3) is 0.500. The van der Waals surface area contributed by atoms with E-state index in [4.69, 9.17) is 9.47 Å². The number of carbonyl (C=O) groups excluding carboxylic acids is 1. The molecule has 2 aromatic rings. The molecule has 1 saturated carbocycles. The molecule has 27 heavy (non-hydrogen) atoms. The van der Waals surface area contributed by atoms with Crippen molar-refractivity contribution in [1.82, 2.24) is 9.88 Å². The number of carbonyl (C=O) groups is 1. The number of nitrogens with zero attached hydrogens (tertiary/aromatic N) is 1. The van der Waals surface area contributed by atoms with Crippen molar-refractivity contribution in [2.24, 2.45) is 0 Å². The minimum atomic E-state index is 0.146. The Kier molecular flexibility index (Phi) is 6.22. The number of ketones is 1. The SMILES string of the molecule is COc1ccc(CNCC(=O)c2cc(C)n(C3CCCC3)c2C)cc1OC. The van der Waals surface area contributed by atoms with Gasteiger partial charge in [-0.2, -0.15) is 0 Å². The van der Waals surface area contributed by atoms with Crippen LogP contribution in [0.5, 0.6) is 11.5 Å². The number of hydrogen-bond acceptors (Lipinski definition) is 4. The van der Waals surface area contributed by atoms with Gasteiger partial charge in [0.1, 0.15) is 0 Å². The van der Waals surface area contributed by atoms with Gasteiger partial charge >= 0.3 is 0 Å². The van der Waals surface area contributed by atoms with E-state index in [0.717, 1.165) is 16.8 Å². The second-order valence-corrected chi connectivity index (χ2v) is 7.31. The van der Waals surface area contributed by atoms with Crippen LogP contribution in [0.3, 0.4) is 0 Å². The van der Waals surface area contributed by atoms with Crippen molar-refractivity contribution >= 4 is 5.78 Å². The second-order valence-electron chi connectivity index (χ2n) is 7.31. The molecular formula is C22H30N2O3. The summed E-state index contributed by atoms with van der Waals surface area (Å²) in [6, 6.07) is 8.40. The first-order valence-electron chi connectivity index (χ1n) is 9.68. The Hall–Kier alpha value is -2.27. The number of aryl methyl sites for hydroxylation is 1. The Balaban J connectivity index is 1.62. The largest absolute Gasteiger partial charge is 0.493 e. The fourth-order valence-electron chi connectivity index (χ4n) is 4.19. The van der Waals surface area contributed by atoms with E-state index in [1.165, 1.54) is 31.4 Å². The lowest BCUT2D eigenvalue weighted by Gasteiger charge is -2.17. The quantitative estimate of drug-likeness (QED) is 0.707. The predicted octanol–water partition coefficient (Wildman–Crippen LogP) is 4.21. The van der Waals surface area contributed by atoms with Gasteiger partial charge in [0.25, 0.3) is 0 Å². The second kappa shape index (κ2) is 8.61. The Morgan fingerprint density at radius 1 is 1.11 bits per heavy atom. The third-order valence-corrected chi connectivity index (χ3v) is 5.54. The number of aromatic nitrogens is 1. The molecule has 146 valence electrons. The summed E-state index contributed by atoms with van der Waals surface area (Å²) in [6.45, 7) is 5.11. The number of rotatable bonds is 8. The van der Waals surface area contributed by atoms with Crippen molar-refractivity contribution in [2.45, 2.75) is 52.1 Å². The van der Waals surface area contributed by atoms with Gasteiger partial charge in [0.15, 0.2) is 17.3 Å². The van der Waals surface area contributed by atoms with E-state index in [0.29, 0.717) is 30.6 Å². The van der Waals surface area contributed by atoms with E-state index in [1.54, 1.807) is 14.2 Å². The van der Waals surface area contributed by atoms with Gasteiger partial charge in [-0.15, -0.1) is 0 Å². The predicted molar refractivity (Wildman–Crippen MR) is 107 cm³/mol. The highest BCUT2D eigenvalue weighted by Crippen LogP contribution is 2.33. The first-order valence-corrected chi connectivity index (χ1v) is 9.68. The van der Waals surface area contributed by atoms with Crippen LogP contribution in [0.25, 0.3) is 0 Å². The fourth-order valence-corrected chi connectivity index (χ4v) is 4.19. The highest BCUT2D eigenvalue weighted by Gasteiger charge is 2.23. The van der Waals surface area contributed by atoms with Crippen molar-refractivity contribution in [2.75, 3.05) is 20.8 Å². The number of Topliss-reactive ketones (excluding diaryl/α,β-unsaturated/α-hetero) is 1. The summed E-state index contributed by atoms with van der Waals surface area (Å²) in [5, 5.41) is 3.26. The molecule has 5 heteroatoms. The molecule has 1 aliphatic rings. The molecule has 1 N–H and O–H groups in total. The molecule has 0 spiro atoms. The zero-order valence-electron chi connectivity index (χ0n) is 16.8. The maximum atomic E-state index is 12.7. The van der Waals surface area contributed by atoms with Gasteiger partial charge < -0.3 is 19.4 Å². The van der Waals surface area contributed by atoms with Crippen LogP contribution in [0.4, 0.5) is 0 Å². The normalized spacial score (nSPS) is 14.5. The Morgan fingerprint density at radius 2 is 1.81 bits per heavy atom. The van der Waals surface area contributed by atoms with Crippen molar-refractivity contribution in [3.63, 3.8) is 0 Å². The van der Waals surface area contributed by atoms with Crippen LogP contribution < -0.4 is 14.8 Å². The standard InChI is InChI=1S/C22H30N2O3/c1-15-11-19(16(2)24(15)18-7-5-6-8-18)20(25)14-23-13-17-9-10-21(26-3)22(12-17)27-4/h9-12,18,23H,5-8,13-14H2,1-4H3. The van der Waals surface area contributed by atoms with Crippen molar-refractivity contribution in [3.8, 4) is 11.5 Å². The van der Waals surface area contributed by atoms with Gasteiger partial charge in [0.2, 0.25) is 0 Å². The van der Waals surface area contributed by atoms with Gasteiger partial charge in [-0.1, -0.05) is 18.9 Å². The average molecular weight is 370 g/mol. The monoisotopic (exact) mass is 370 g/mol. The molecule has 0 saturated heterocycles. The van der Waals surface area contributed by atoms with Gasteiger partial charge in [-0.05, 0) is 50.5 Å². The first-order chi connectivity index (χ1) is 13.0. The minimum Gasteiger partial charge on any atom is -0.493 e. The molecule has 0 unspecified atom stereocenters. The van der Waals surface area contributed by atoms with Crippen molar-refractivity contribution < 1.29 is 14.3 Å². The lowest BCUT2D eigenvalue weighted by atomic mass is 10.1. The number of ether oxygens (including phenoxy) is 2. The minimum absolute atomic E-state index is 0.146. The average Bonchev–Trinajstić information content (AvgIpc) is 3.29. The summed E-state index contributed by atoms with van der Waals surface area (Å²) in [5.74, 6) is 1.55. The number of methoxy groups -OCH3 is 2. The van der Waals surface area contributed by atoms with Gasteiger partial charge in [-0.25, -0.2) is 0 Å². The van der Waals surface area contributed by atoms with Crippen LogP contribution in [0.1, 0.15) is 59.0 Å². The molecule has 3 rings (SSSR count). The van der Waals surface area contributed by atoms with Crippen LogP contribution in [0.15, 0.2) is 24.3 Å². The van der Waals surface area contributed by atoms with E-state index in [1.807, 2.05) is 24.3 Å². The first kappa shape index (κ1) is 19.5. The van der Waals surface area contributed by atoms with Crippen LogP contribution in [-0.4, -0.2) is 31.1 Å². The highest BCUT2D eigenvalue weighted by molar-refractivity contribution is 5.99. The molecule has 5 nitrogen and oxygen atoms in total. The van der Waals surface area contributed by atoms with E-state index in [9.17, 15) is 4.79 Å². The van der Waals surface area contributed by atoms with Gasteiger partial charge in [-0.3, -0.25) is 4.79 Å². The lowest BCUT2D eigenvalue weighted by molar-refractivity contribution is 0.0990. The molecule has 0 atom stereocenters. The van der Waals surface area contributed by atoms with E-state index < -0.39 is 0 Å². The molecule has 0 bridgehead atoms. The Bertz CT molecular complexity index is 804. The summed E-state index contributed by atoms with van der Waals surface area (Å²) in [6.07, 6.45) is 5.03. The number of nitrogens with one attached hydrogen (secondary N) is 1. The van der Waals surface area contributed by atoms with Gasteiger partial charge in [0.05, 0.1) is 20.8 Å². The third-order valence-electron chi connectivity index (χ3n) is 5.54. The molecule has 1 aromatic heterocycles. The van der Waals surface area contributed by atoms with E-state index in [2.05, 4.69) is 23.7 Å². The van der Waals surface area contributed by atoms with Crippen molar-refractivity contribution in [1.29, 1.82) is 0 Å². The molecule has 1 aromatic carbocycles. The van der Waals surface area contributed by atoms with Gasteiger partial charge in [0, 0.05) is 29.5 Å². The van der Waals surface area contributed by atoms with Crippen LogP contribution in [-0.2, 0) is 6.54 Å². The molecule has 1 heterocycles. The highest BCUT2D eigenvalue weighted by atomic mass is 16.5. The molecule has 0 aliphatic heterocycles. The van der Waals surface area contributed by atoms with Crippen LogP contribution in [0.2, 0.25) is 0 Å². The molecular weight excluding hydrogens is 340 g/mol. The topological polar surface area (TPSA) is 52.5 Å². The summed E-state index contributed by atoms with van der Waals surface area (Å²) < 4.78 is 13.0. The van der Waals surface area contributed by atoms with E-state index in [-0.39, 0.29) is 5.78 Å². The zero-order valence-corrected chi connectivity index (χ0v) is 16.8. The summed E-state index contributed by atoms with van der Waals surface area (Å²) in [7, 11) is 3.25. The number of benzene rings is 1. The Labute approximate surface area is 161 Å². The lowest BCUT2D eigenvalue weighted by Crippen LogP contribution is -2.23. The van der Waals surface area contributed by atoms with Crippen molar-refractivity contribution in [3.05, 3.63) is 46.8 Å². The zero-order chi connectivity index (χ0) is 19.4. The smallest absolute Gasteiger partial charge is 0.178 e. The molecule has 0 amide bonds. The molecule has 0 radical (unpaired) electrons. The maximum Gasteiger partial charge on any atom is 0.178 e. The Morgan fingerprint density at radius 3 is 2.48 bits per heavy atom.